The molecule has 2 rings (SSSR count). The number of rotatable bonds is 3. The summed E-state index contributed by atoms with van der Waals surface area (Å²) < 4.78 is 5.84. The number of pyridine rings is 1. The predicted octanol–water partition coefficient (Wildman–Crippen LogP) is 2.33. The summed E-state index contributed by atoms with van der Waals surface area (Å²) in [7, 11) is 0. The van der Waals surface area contributed by atoms with Gasteiger partial charge in [0.2, 0.25) is 0 Å². The van der Waals surface area contributed by atoms with Gasteiger partial charge in [-0.3, -0.25) is 0 Å². The molecule has 2 heterocycles. The molecule has 0 aliphatic rings. The highest BCUT2D eigenvalue weighted by atomic mass is 79.9. The monoisotopic (exact) mass is 282 g/mol. The Bertz CT molecular complexity index is 497. The van der Waals surface area contributed by atoms with Gasteiger partial charge in [-0.1, -0.05) is 5.16 Å². The second kappa shape index (κ2) is 4.52. The van der Waals surface area contributed by atoms with Gasteiger partial charge in [-0.05, 0) is 28.9 Å². The van der Waals surface area contributed by atoms with Gasteiger partial charge < -0.3 is 15.6 Å². The summed E-state index contributed by atoms with van der Waals surface area (Å²) in [6.07, 6.45) is 1.65. The number of aryl methyl sites for hydroxylation is 1. The van der Waals surface area contributed by atoms with E-state index in [1.54, 1.807) is 6.20 Å². The Balaban J connectivity index is 2.07. The summed E-state index contributed by atoms with van der Waals surface area (Å²) in [4.78, 5) is 4.02. The Morgan fingerprint density at radius 2 is 2.31 bits per heavy atom. The van der Waals surface area contributed by atoms with Gasteiger partial charge in [0.15, 0.2) is 0 Å². The van der Waals surface area contributed by atoms with Crippen LogP contribution in [0, 0.1) is 6.92 Å². The molecule has 0 fully saturated rings. The fraction of sp³-hybridized carbons (Fsp3) is 0.200. The van der Waals surface area contributed by atoms with Crippen LogP contribution in [0.15, 0.2) is 27.3 Å². The molecule has 84 valence electrons. The van der Waals surface area contributed by atoms with Gasteiger partial charge in [-0.2, -0.15) is 0 Å². The second-order valence-electron chi connectivity index (χ2n) is 3.37. The van der Waals surface area contributed by atoms with Crippen molar-refractivity contribution in [3.05, 3.63) is 34.3 Å². The Morgan fingerprint density at radius 1 is 1.50 bits per heavy atom. The van der Waals surface area contributed by atoms with Crippen LogP contribution in [0.1, 0.15) is 11.5 Å². The molecule has 0 atom stereocenters. The van der Waals surface area contributed by atoms with E-state index < -0.39 is 0 Å². The summed E-state index contributed by atoms with van der Waals surface area (Å²) >= 11 is 3.33. The van der Waals surface area contributed by atoms with Crippen molar-refractivity contribution in [1.29, 1.82) is 0 Å². The van der Waals surface area contributed by atoms with Crippen LogP contribution in [0.25, 0.3) is 0 Å². The number of nitrogens with zero attached hydrogens (tertiary/aromatic N) is 2. The fourth-order valence-corrected chi connectivity index (χ4v) is 1.61. The van der Waals surface area contributed by atoms with Crippen molar-refractivity contribution in [2.24, 2.45) is 0 Å². The quantitative estimate of drug-likeness (QED) is 0.904. The van der Waals surface area contributed by atoms with E-state index in [0.29, 0.717) is 12.4 Å². The molecule has 0 aromatic carbocycles. The first-order chi connectivity index (χ1) is 7.65. The van der Waals surface area contributed by atoms with Crippen molar-refractivity contribution in [3.8, 4) is 0 Å². The van der Waals surface area contributed by atoms with Crippen LogP contribution in [0.2, 0.25) is 0 Å². The number of hydrogen-bond donors (Lipinski definition) is 2. The number of hydrogen-bond acceptors (Lipinski definition) is 5. The van der Waals surface area contributed by atoms with E-state index in [1.165, 1.54) is 0 Å². The van der Waals surface area contributed by atoms with Crippen molar-refractivity contribution in [2.75, 3.05) is 11.1 Å². The minimum Gasteiger partial charge on any atom is -0.382 e. The highest BCUT2D eigenvalue weighted by molar-refractivity contribution is 9.10. The maximum atomic E-state index is 5.72. The highest BCUT2D eigenvalue weighted by Gasteiger charge is 2.03. The average Bonchev–Trinajstić information content (AvgIpc) is 2.66. The van der Waals surface area contributed by atoms with Gasteiger partial charge in [0.1, 0.15) is 17.3 Å². The average molecular weight is 283 g/mol. The highest BCUT2D eigenvalue weighted by Crippen LogP contribution is 2.21. The zero-order valence-electron chi connectivity index (χ0n) is 8.70. The number of nitrogens with one attached hydrogen (secondary N) is 1. The lowest BCUT2D eigenvalue weighted by Crippen LogP contribution is -2.03. The van der Waals surface area contributed by atoms with Crippen molar-refractivity contribution in [1.82, 2.24) is 10.1 Å². The Kier molecular flexibility index (Phi) is 3.09. The van der Waals surface area contributed by atoms with Gasteiger partial charge >= 0.3 is 0 Å². The molecule has 0 radical (unpaired) electrons. The molecule has 0 bridgehead atoms. The van der Waals surface area contributed by atoms with E-state index in [1.807, 2.05) is 19.1 Å². The SMILES string of the molecule is Cc1cc(CNc2cc(Br)cnc2N)no1. The molecular formula is C10H11BrN4O. The van der Waals surface area contributed by atoms with Crippen LogP contribution in [0.3, 0.4) is 0 Å². The lowest BCUT2D eigenvalue weighted by Gasteiger charge is -2.06. The third kappa shape index (κ3) is 2.52. The molecule has 2 aromatic heterocycles. The van der Waals surface area contributed by atoms with Crippen LogP contribution in [0.4, 0.5) is 11.5 Å². The molecule has 0 saturated carbocycles. The van der Waals surface area contributed by atoms with Gasteiger partial charge in [-0.15, -0.1) is 0 Å². The maximum absolute atomic E-state index is 5.72. The minimum atomic E-state index is 0.461. The zero-order valence-corrected chi connectivity index (χ0v) is 10.3. The maximum Gasteiger partial charge on any atom is 0.146 e. The molecule has 0 spiro atoms. The van der Waals surface area contributed by atoms with Crippen LogP contribution >= 0.6 is 15.9 Å². The second-order valence-corrected chi connectivity index (χ2v) is 4.28. The number of halogens is 1. The first kappa shape index (κ1) is 10.9. The Hall–Kier alpha value is -1.56. The molecule has 6 heteroatoms. The molecule has 0 aliphatic carbocycles. The lowest BCUT2D eigenvalue weighted by atomic mass is 10.3. The first-order valence-corrected chi connectivity index (χ1v) is 5.51. The fourth-order valence-electron chi connectivity index (χ4n) is 1.28. The number of nitrogen functional groups attached to an aromatic ring is 1. The molecule has 0 aliphatic heterocycles. The summed E-state index contributed by atoms with van der Waals surface area (Å²) in [5.74, 6) is 1.25. The summed E-state index contributed by atoms with van der Waals surface area (Å²) in [5.41, 5.74) is 7.32. The van der Waals surface area contributed by atoms with Crippen molar-refractivity contribution in [3.63, 3.8) is 0 Å². The smallest absolute Gasteiger partial charge is 0.146 e. The van der Waals surface area contributed by atoms with Crippen LogP contribution < -0.4 is 11.1 Å². The normalized spacial score (nSPS) is 10.4. The van der Waals surface area contributed by atoms with Gasteiger partial charge in [-0.25, -0.2) is 4.98 Å². The van der Waals surface area contributed by atoms with Crippen molar-refractivity contribution < 1.29 is 4.52 Å². The van der Waals surface area contributed by atoms with E-state index in [0.717, 1.165) is 21.6 Å². The summed E-state index contributed by atoms with van der Waals surface area (Å²) in [6.45, 7) is 2.41. The zero-order chi connectivity index (χ0) is 11.5. The number of anilines is 2. The number of nitrogens with two attached hydrogens (primary N) is 1. The number of aromatic nitrogens is 2. The molecule has 2 aromatic rings. The van der Waals surface area contributed by atoms with Crippen LogP contribution in [0.5, 0.6) is 0 Å². The lowest BCUT2D eigenvalue weighted by molar-refractivity contribution is 0.391. The van der Waals surface area contributed by atoms with E-state index in [9.17, 15) is 0 Å². The molecule has 16 heavy (non-hydrogen) atoms. The molecule has 0 amide bonds. The molecule has 5 nitrogen and oxygen atoms in total. The Morgan fingerprint density at radius 3 is 3.00 bits per heavy atom. The van der Waals surface area contributed by atoms with E-state index in [2.05, 4.69) is 31.4 Å². The third-order valence-electron chi connectivity index (χ3n) is 2.02. The largest absolute Gasteiger partial charge is 0.382 e. The minimum absolute atomic E-state index is 0.461. The summed E-state index contributed by atoms with van der Waals surface area (Å²) in [6, 6.07) is 3.74. The van der Waals surface area contributed by atoms with E-state index in [-0.39, 0.29) is 0 Å². The van der Waals surface area contributed by atoms with Gasteiger partial charge in [0, 0.05) is 16.7 Å². The Labute approximate surface area is 101 Å². The molecule has 3 N–H and O–H groups in total. The van der Waals surface area contributed by atoms with Crippen LogP contribution in [-0.4, -0.2) is 10.1 Å². The van der Waals surface area contributed by atoms with E-state index >= 15 is 0 Å². The van der Waals surface area contributed by atoms with Gasteiger partial charge in [0.25, 0.3) is 0 Å². The summed E-state index contributed by atoms with van der Waals surface area (Å²) in [5, 5.41) is 7.02. The van der Waals surface area contributed by atoms with Crippen molar-refractivity contribution >= 4 is 27.4 Å². The van der Waals surface area contributed by atoms with E-state index in [4.69, 9.17) is 10.3 Å². The predicted molar refractivity (Wildman–Crippen MR) is 64.9 cm³/mol. The van der Waals surface area contributed by atoms with Gasteiger partial charge in [0.05, 0.1) is 12.2 Å². The standard InChI is InChI=1S/C10H11BrN4O/c1-6-2-8(15-16-6)5-13-9-3-7(11)4-14-10(9)12/h2-4,13H,5H2,1H3,(H2,12,14). The topological polar surface area (TPSA) is 77.0 Å². The third-order valence-corrected chi connectivity index (χ3v) is 2.46. The van der Waals surface area contributed by atoms with Crippen LogP contribution in [-0.2, 0) is 6.54 Å². The van der Waals surface area contributed by atoms with Crippen molar-refractivity contribution in [2.45, 2.75) is 13.5 Å². The molecular weight excluding hydrogens is 272 g/mol. The molecule has 0 saturated heterocycles. The first-order valence-electron chi connectivity index (χ1n) is 4.72. The molecule has 0 unspecified atom stereocenters.